The number of nitrogens with zero attached hydrogens (tertiary/aromatic N) is 2. The molecule has 0 radical (unpaired) electrons. The minimum Gasteiger partial charge on any atom is -0.233 e. The molecule has 0 N–H and O–H groups in total. The van der Waals surface area contributed by atoms with E-state index in [1.165, 1.54) is 0 Å². The van der Waals surface area contributed by atoms with Crippen LogP contribution in [0.25, 0.3) is 22.6 Å². The molecule has 1 aromatic heterocycles. The van der Waals surface area contributed by atoms with Gasteiger partial charge >= 0.3 is 0 Å². The Hall–Kier alpha value is -1.90. The van der Waals surface area contributed by atoms with Crippen molar-refractivity contribution in [2.24, 2.45) is 0 Å². The van der Waals surface area contributed by atoms with Crippen LogP contribution in [0.4, 0.5) is 0 Å². The zero-order valence-electron chi connectivity index (χ0n) is 12.3. The fourth-order valence-corrected chi connectivity index (χ4v) is 2.50. The van der Waals surface area contributed by atoms with Gasteiger partial charge in [0.2, 0.25) is 0 Å². The van der Waals surface area contributed by atoms with Gasteiger partial charge in [-0.1, -0.05) is 35.3 Å². The highest BCUT2D eigenvalue weighted by atomic mass is 35.5. The summed E-state index contributed by atoms with van der Waals surface area (Å²) < 4.78 is 0. The second-order valence-electron chi connectivity index (χ2n) is 5.12. The Balaban J connectivity index is 2.14. The molecule has 0 aliphatic rings. The van der Waals surface area contributed by atoms with Crippen molar-refractivity contribution in [2.45, 2.75) is 13.8 Å². The highest BCUT2D eigenvalue weighted by Crippen LogP contribution is 2.27. The Labute approximate surface area is 139 Å². The molecule has 110 valence electrons. The van der Waals surface area contributed by atoms with Crippen LogP contribution in [0.1, 0.15) is 11.3 Å². The van der Waals surface area contributed by atoms with Crippen LogP contribution >= 0.6 is 23.2 Å². The van der Waals surface area contributed by atoms with Gasteiger partial charge in [0.15, 0.2) is 5.82 Å². The van der Waals surface area contributed by atoms with Crippen molar-refractivity contribution in [2.75, 3.05) is 0 Å². The van der Waals surface area contributed by atoms with E-state index < -0.39 is 0 Å². The molecule has 0 aliphatic heterocycles. The molecule has 0 atom stereocenters. The smallest absolute Gasteiger partial charge is 0.160 e. The minimum atomic E-state index is 0.699. The van der Waals surface area contributed by atoms with Crippen LogP contribution in [-0.2, 0) is 0 Å². The highest BCUT2D eigenvalue weighted by molar-refractivity contribution is 6.30. The van der Waals surface area contributed by atoms with Crippen LogP contribution in [0.3, 0.4) is 0 Å². The third-order valence-corrected chi connectivity index (χ3v) is 4.11. The summed E-state index contributed by atoms with van der Waals surface area (Å²) in [6.07, 6.45) is 0. The SMILES string of the molecule is Cc1nc(-c2ccc(Cl)cc2)nc(-c2ccc(Cl)cc2)c1C. The quantitative estimate of drug-likeness (QED) is 0.599. The van der Waals surface area contributed by atoms with Gasteiger partial charge < -0.3 is 0 Å². The molecule has 0 bridgehead atoms. The molecule has 3 rings (SSSR count). The summed E-state index contributed by atoms with van der Waals surface area (Å²) in [6.45, 7) is 4.03. The van der Waals surface area contributed by atoms with Crippen LogP contribution in [0.2, 0.25) is 10.0 Å². The van der Waals surface area contributed by atoms with Crippen LogP contribution < -0.4 is 0 Å². The van der Waals surface area contributed by atoms with Gasteiger partial charge in [0.25, 0.3) is 0 Å². The molecule has 1 heterocycles. The normalized spacial score (nSPS) is 10.7. The van der Waals surface area contributed by atoms with E-state index in [-0.39, 0.29) is 0 Å². The van der Waals surface area contributed by atoms with Crippen molar-refractivity contribution in [1.82, 2.24) is 9.97 Å². The molecule has 0 amide bonds. The molecule has 0 saturated heterocycles. The van der Waals surface area contributed by atoms with Crippen LogP contribution in [0.15, 0.2) is 48.5 Å². The summed E-state index contributed by atoms with van der Waals surface area (Å²) in [7, 11) is 0. The maximum Gasteiger partial charge on any atom is 0.160 e. The summed E-state index contributed by atoms with van der Waals surface area (Å²) in [5, 5.41) is 1.41. The maximum atomic E-state index is 5.97. The van der Waals surface area contributed by atoms with Gasteiger partial charge in [0.05, 0.1) is 5.69 Å². The van der Waals surface area contributed by atoms with Gasteiger partial charge in [-0.15, -0.1) is 0 Å². The molecule has 0 unspecified atom stereocenters. The molecule has 0 fully saturated rings. The Bertz CT molecular complexity index is 810. The van der Waals surface area contributed by atoms with Crippen LogP contribution in [0.5, 0.6) is 0 Å². The van der Waals surface area contributed by atoms with E-state index in [2.05, 4.69) is 4.98 Å². The number of rotatable bonds is 2. The van der Waals surface area contributed by atoms with E-state index in [4.69, 9.17) is 28.2 Å². The lowest BCUT2D eigenvalue weighted by Gasteiger charge is -2.11. The third kappa shape index (κ3) is 2.99. The zero-order chi connectivity index (χ0) is 15.7. The van der Waals surface area contributed by atoms with Crippen LogP contribution in [0, 0.1) is 13.8 Å². The zero-order valence-corrected chi connectivity index (χ0v) is 13.8. The Kier molecular flexibility index (Phi) is 4.14. The number of hydrogen-bond donors (Lipinski definition) is 0. The van der Waals surface area contributed by atoms with E-state index in [0.29, 0.717) is 15.9 Å². The second kappa shape index (κ2) is 6.07. The lowest BCUT2D eigenvalue weighted by atomic mass is 10.1. The van der Waals surface area contributed by atoms with Crippen LogP contribution in [-0.4, -0.2) is 9.97 Å². The summed E-state index contributed by atoms with van der Waals surface area (Å²) >= 11 is 11.9. The molecule has 22 heavy (non-hydrogen) atoms. The third-order valence-electron chi connectivity index (χ3n) is 3.61. The molecular weight excluding hydrogens is 315 g/mol. The van der Waals surface area contributed by atoms with Gasteiger partial charge in [-0.05, 0) is 55.8 Å². The van der Waals surface area contributed by atoms with Crippen molar-refractivity contribution in [3.05, 3.63) is 69.8 Å². The van der Waals surface area contributed by atoms with Gasteiger partial charge in [0, 0.05) is 26.9 Å². The molecule has 0 spiro atoms. The summed E-state index contributed by atoms with van der Waals surface area (Å²) in [5.74, 6) is 0.699. The topological polar surface area (TPSA) is 25.8 Å². The van der Waals surface area contributed by atoms with Crippen molar-refractivity contribution in [1.29, 1.82) is 0 Å². The van der Waals surface area contributed by atoms with Gasteiger partial charge in [-0.3, -0.25) is 0 Å². The second-order valence-corrected chi connectivity index (χ2v) is 5.99. The number of benzene rings is 2. The Morgan fingerprint density at radius 1 is 0.682 bits per heavy atom. The van der Waals surface area contributed by atoms with Gasteiger partial charge in [-0.25, -0.2) is 9.97 Å². The molecule has 4 heteroatoms. The van der Waals surface area contributed by atoms with Crippen molar-refractivity contribution >= 4 is 23.2 Å². The first-order valence-electron chi connectivity index (χ1n) is 6.92. The lowest BCUT2D eigenvalue weighted by molar-refractivity contribution is 1.08. The Morgan fingerprint density at radius 2 is 1.18 bits per heavy atom. The largest absolute Gasteiger partial charge is 0.233 e. The first kappa shape index (κ1) is 15.0. The Morgan fingerprint density at radius 3 is 1.73 bits per heavy atom. The van der Waals surface area contributed by atoms with Crippen molar-refractivity contribution in [3.8, 4) is 22.6 Å². The number of hydrogen-bond acceptors (Lipinski definition) is 2. The predicted octanol–water partition coefficient (Wildman–Crippen LogP) is 5.73. The van der Waals surface area contributed by atoms with E-state index in [1.807, 2.05) is 62.4 Å². The summed E-state index contributed by atoms with van der Waals surface area (Å²) in [6, 6.07) is 15.2. The number of halogens is 2. The summed E-state index contributed by atoms with van der Waals surface area (Å²) in [5.41, 5.74) is 4.93. The van der Waals surface area contributed by atoms with Crippen molar-refractivity contribution < 1.29 is 0 Å². The minimum absolute atomic E-state index is 0.699. The fourth-order valence-electron chi connectivity index (χ4n) is 2.25. The number of aromatic nitrogens is 2. The van der Waals surface area contributed by atoms with E-state index in [0.717, 1.165) is 28.1 Å². The molecule has 0 saturated carbocycles. The number of aryl methyl sites for hydroxylation is 1. The van der Waals surface area contributed by atoms with Gasteiger partial charge in [-0.2, -0.15) is 0 Å². The monoisotopic (exact) mass is 328 g/mol. The molecule has 3 aromatic rings. The average Bonchev–Trinajstić information content (AvgIpc) is 2.52. The first-order chi connectivity index (χ1) is 10.5. The molecular formula is C18H14Cl2N2. The molecule has 2 aromatic carbocycles. The van der Waals surface area contributed by atoms with Gasteiger partial charge in [0.1, 0.15) is 0 Å². The average molecular weight is 329 g/mol. The molecule has 0 aliphatic carbocycles. The molecule has 2 nitrogen and oxygen atoms in total. The standard InChI is InChI=1S/C18H14Cl2N2/c1-11-12(2)21-18(14-5-9-16(20)10-6-14)22-17(11)13-3-7-15(19)8-4-13/h3-10H,1-2H3. The first-order valence-corrected chi connectivity index (χ1v) is 7.67. The summed E-state index contributed by atoms with van der Waals surface area (Å²) in [4.78, 5) is 9.33. The van der Waals surface area contributed by atoms with Crippen molar-refractivity contribution in [3.63, 3.8) is 0 Å². The predicted molar refractivity (Wildman–Crippen MR) is 92.4 cm³/mol. The highest BCUT2D eigenvalue weighted by Gasteiger charge is 2.11. The van der Waals surface area contributed by atoms with E-state index >= 15 is 0 Å². The fraction of sp³-hybridized carbons (Fsp3) is 0.111. The maximum absolute atomic E-state index is 5.97. The van der Waals surface area contributed by atoms with E-state index in [1.54, 1.807) is 0 Å². The lowest BCUT2D eigenvalue weighted by Crippen LogP contribution is -1.99. The van der Waals surface area contributed by atoms with E-state index in [9.17, 15) is 0 Å².